The number of benzene rings is 1. The maximum Gasteiger partial charge on any atom is 0.195 e. The zero-order valence-corrected chi connectivity index (χ0v) is 18.9. The number of nitrogens with one attached hydrogen (secondary N) is 2. The maximum absolute atomic E-state index is 5.81. The zero-order valence-electron chi connectivity index (χ0n) is 15.8. The van der Waals surface area contributed by atoms with Gasteiger partial charge in [-0.05, 0) is 44.0 Å². The van der Waals surface area contributed by atoms with Crippen LogP contribution in [0.2, 0.25) is 5.15 Å². The Morgan fingerprint density at radius 2 is 2.00 bits per heavy atom. The van der Waals surface area contributed by atoms with Crippen molar-refractivity contribution in [2.45, 2.75) is 20.3 Å². The number of anilines is 1. The van der Waals surface area contributed by atoms with Crippen LogP contribution in [0.4, 0.5) is 5.69 Å². The fourth-order valence-electron chi connectivity index (χ4n) is 2.32. The third-order valence-corrected chi connectivity index (χ3v) is 3.75. The number of nitrogens with zero attached hydrogens (tertiary/aromatic N) is 2. The van der Waals surface area contributed by atoms with E-state index in [1.165, 1.54) is 0 Å². The Morgan fingerprint density at radius 3 is 2.63 bits per heavy atom. The average Bonchev–Trinajstić information content (AvgIpc) is 2.65. The minimum atomic E-state index is 0. The predicted octanol–water partition coefficient (Wildman–Crippen LogP) is 4.38. The molecule has 0 saturated carbocycles. The van der Waals surface area contributed by atoms with Crippen molar-refractivity contribution in [3.05, 3.63) is 47.2 Å². The monoisotopic (exact) mass is 504 g/mol. The first-order chi connectivity index (χ1) is 12.7. The molecular formula is C19H26ClIN4O2. The highest BCUT2D eigenvalue weighted by Gasteiger charge is 2.07. The van der Waals surface area contributed by atoms with Gasteiger partial charge in [0.1, 0.15) is 5.15 Å². The van der Waals surface area contributed by atoms with E-state index in [1.807, 2.05) is 38.1 Å². The van der Waals surface area contributed by atoms with Gasteiger partial charge in [0.05, 0.1) is 13.7 Å². The number of hydrogen-bond acceptors (Lipinski definition) is 4. The molecule has 0 amide bonds. The van der Waals surface area contributed by atoms with Crippen LogP contribution < -0.4 is 20.1 Å². The molecule has 148 valence electrons. The topological polar surface area (TPSA) is 67.8 Å². The van der Waals surface area contributed by atoms with E-state index in [0.29, 0.717) is 30.0 Å². The number of rotatable bonds is 8. The number of aromatic nitrogens is 1. The Bertz CT molecular complexity index is 726. The van der Waals surface area contributed by atoms with Crippen molar-refractivity contribution in [1.82, 2.24) is 10.3 Å². The number of ether oxygens (including phenoxy) is 2. The maximum atomic E-state index is 5.81. The Hall–Kier alpha value is -1.74. The number of halogens is 2. The van der Waals surface area contributed by atoms with Crippen molar-refractivity contribution in [2.24, 2.45) is 4.99 Å². The molecule has 1 heterocycles. The Balaban J connectivity index is 0.00000364. The van der Waals surface area contributed by atoms with Crippen molar-refractivity contribution >= 4 is 47.2 Å². The molecule has 0 radical (unpaired) electrons. The van der Waals surface area contributed by atoms with Gasteiger partial charge in [0.15, 0.2) is 17.5 Å². The van der Waals surface area contributed by atoms with Gasteiger partial charge in [0, 0.05) is 31.0 Å². The molecule has 6 nitrogen and oxygen atoms in total. The molecule has 2 aromatic rings. The van der Waals surface area contributed by atoms with E-state index in [4.69, 9.17) is 21.1 Å². The highest BCUT2D eigenvalue weighted by atomic mass is 127. The molecule has 8 heteroatoms. The lowest BCUT2D eigenvalue weighted by molar-refractivity contribution is 0.311. The molecule has 0 atom stereocenters. The summed E-state index contributed by atoms with van der Waals surface area (Å²) in [5.74, 6) is 2.11. The van der Waals surface area contributed by atoms with E-state index >= 15 is 0 Å². The second kappa shape index (κ2) is 12.6. The van der Waals surface area contributed by atoms with Crippen LogP contribution in [0.15, 0.2) is 41.5 Å². The Kier molecular flexibility index (Phi) is 10.9. The van der Waals surface area contributed by atoms with Gasteiger partial charge in [-0.1, -0.05) is 17.7 Å². The molecule has 0 unspecified atom stereocenters. The number of methoxy groups -OCH3 is 1. The molecule has 0 aliphatic rings. The summed E-state index contributed by atoms with van der Waals surface area (Å²) in [6, 6.07) is 9.46. The van der Waals surface area contributed by atoms with Gasteiger partial charge in [-0.25, -0.2) is 4.98 Å². The molecular weight excluding hydrogens is 479 g/mol. The van der Waals surface area contributed by atoms with Crippen LogP contribution in [0, 0.1) is 0 Å². The normalized spacial score (nSPS) is 10.7. The molecule has 1 aromatic heterocycles. The molecule has 0 bridgehead atoms. The van der Waals surface area contributed by atoms with Gasteiger partial charge >= 0.3 is 0 Å². The van der Waals surface area contributed by atoms with E-state index in [-0.39, 0.29) is 24.0 Å². The summed E-state index contributed by atoms with van der Waals surface area (Å²) in [5.41, 5.74) is 1.97. The van der Waals surface area contributed by atoms with Gasteiger partial charge in [-0.2, -0.15) is 0 Å². The van der Waals surface area contributed by atoms with Gasteiger partial charge in [0.2, 0.25) is 0 Å². The van der Waals surface area contributed by atoms with E-state index in [1.54, 1.807) is 19.4 Å². The largest absolute Gasteiger partial charge is 0.493 e. The molecule has 0 aliphatic heterocycles. The zero-order chi connectivity index (χ0) is 18.8. The molecule has 1 aromatic carbocycles. The van der Waals surface area contributed by atoms with Crippen LogP contribution in [-0.4, -0.2) is 37.7 Å². The van der Waals surface area contributed by atoms with E-state index in [2.05, 4.69) is 20.6 Å². The van der Waals surface area contributed by atoms with Crippen molar-refractivity contribution in [2.75, 3.05) is 32.1 Å². The predicted molar refractivity (Wildman–Crippen MR) is 122 cm³/mol. The second-order valence-electron chi connectivity index (χ2n) is 5.42. The minimum absolute atomic E-state index is 0. The van der Waals surface area contributed by atoms with Gasteiger partial charge in [0.25, 0.3) is 0 Å². The third kappa shape index (κ3) is 7.80. The molecule has 0 aliphatic carbocycles. The average molecular weight is 505 g/mol. The fraction of sp³-hybridized carbons (Fsp3) is 0.368. The lowest BCUT2D eigenvalue weighted by atomic mass is 10.2. The van der Waals surface area contributed by atoms with Crippen molar-refractivity contribution in [3.63, 3.8) is 0 Å². The van der Waals surface area contributed by atoms with E-state index in [9.17, 15) is 0 Å². The van der Waals surface area contributed by atoms with Crippen LogP contribution in [0.1, 0.15) is 19.4 Å². The Morgan fingerprint density at radius 1 is 1.19 bits per heavy atom. The van der Waals surface area contributed by atoms with Crippen molar-refractivity contribution < 1.29 is 9.47 Å². The first kappa shape index (κ1) is 23.3. The highest BCUT2D eigenvalue weighted by Crippen LogP contribution is 2.30. The van der Waals surface area contributed by atoms with Gasteiger partial charge < -0.3 is 20.1 Å². The first-order valence-corrected chi connectivity index (χ1v) is 9.00. The van der Waals surface area contributed by atoms with Crippen LogP contribution in [0.3, 0.4) is 0 Å². The number of aliphatic imine (C=N–C) groups is 1. The smallest absolute Gasteiger partial charge is 0.195 e. The summed E-state index contributed by atoms with van der Waals surface area (Å²) in [6.07, 6.45) is 2.56. The quantitative estimate of drug-likeness (QED) is 0.242. The number of pyridine rings is 1. The van der Waals surface area contributed by atoms with E-state index in [0.717, 1.165) is 30.0 Å². The summed E-state index contributed by atoms with van der Waals surface area (Å²) < 4.78 is 10.9. The summed E-state index contributed by atoms with van der Waals surface area (Å²) >= 11 is 5.81. The lowest BCUT2D eigenvalue weighted by Gasteiger charge is -2.14. The molecule has 2 N–H and O–H groups in total. The van der Waals surface area contributed by atoms with Crippen molar-refractivity contribution in [3.8, 4) is 11.5 Å². The summed E-state index contributed by atoms with van der Waals surface area (Å²) in [4.78, 5) is 8.69. The molecule has 0 saturated heterocycles. The number of hydrogen-bond donors (Lipinski definition) is 2. The molecule has 0 fully saturated rings. The third-order valence-electron chi connectivity index (χ3n) is 3.53. The minimum Gasteiger partial charge on any atom is -0.493 e. The molecule has 2 rings (SSSR count). The molecule has 0 spiro atoms. The molecule has 27 heavy (non-hydrogen) atoms. The lowest BCUT2D eigenvalue weighted by Crippen LogP contribution is -2.30. The fourth-order valence-corrected chi connectivity index (χ4v) is 2.43. The van der Waals surface area contributed by atoms with Crippen LogP contribution in [0.5, 0.6) is 11.5 Å². The Labute approximate surface area is 182 Å². The van der Waals surface area contributed by atoms with Crippen LogP contribution in [0.25, 0.3) is 0 Å². The van der Waals surface area contributed by atoms with Crippen LogP contribution in [-0.2, 0) is 6.42 Å². The summed E-state index contributed by atoms with van der Waals surface area (Å²) in [7, 11) is 1.63. The summed E-state index contributed by atoms with van der Waals surface area (Å²) in [6.45, 7) is 5.96. The second-order valence-corrected chi connectivity index (χ2v) is 5.81. The first-order valence-electron chi connectivity index (χ1n) is 8.62. The highest BCUT2D eigenvalue weighted by molar-refractivity contribution is 14.0. The van der Waals surface area contributed by atoms with Gasteiger partial charge in [-0.15, -0.1) is 24.0 Å². The van der Waals surface area contributed by atoms with Gasteiger partial charge in [-0.3, -0.25) is 4.99 Å². The van der Waals surface area contributed by atoms with Crippen molar-refractivity contribution in [1.29, 1.82) is 0 Å². The number of guanidine groups is 1. The van der Waals surface area contributed by atoms with E-state index < -0.39 is 0 Å². The van der Waals surface area contributed by atoms with Crippen LogP contribution >= 0.6 is 35.6 Å². The standard InChI is InChI=1S/C19H25ClN4O2.HI/c1-4-21-19(22-11-10-14-6-9-18(20)23-13-14)24-15-7-8-16(26-5-2)17(12-15)25-3;/h6-9,12-13H,4-5,10-11H2,1-3H3,(H2,21,22,24);1H. The summed E-state index contributed by atoms with van der Waals surface area (Å²) in [5, 5.41) is 7.02. The SMILES string of the molecule is CCNC(=NCCc1ccc(Cl)nc1)Nc1ccc(OCC)c(OC)c1.I.